The molecule has 110 valence electrons. The van der Waals surface area contributed by atoms with E-state index in [9.17, 15) is 9.59 Å². The highest BCUT2D eigenvalue weighted by molar-refractivity contribution is 5.97. The molecule has 3 nitrogen and oxygen atoms in total. The Morgan fingerprint density at radius 1 is 1.35 bits per heavy atom. The second-order valence-corrected chi connectivity index (χ2v) is 6.54. The Hall–Kier alpha value is -1.38. The zero-order chi connectivity index (χ0) is 15.1. The summed E-state index contributed by atoms with van der Waals surface area (Å²) in [6.45, 7) is 11.5. The molecular weight excluding hydrogens is 252 g/mol. The minimum atomic E-state index is -0.312. The summed E-state index contributed by atoms with van der Waals surface area (Å²) >= 11 is 0. The lowest BCUT2D eigenvalue weighted by Gasteiger charge is -2.47. The standard InChI is InChI=1S/C17H24O3/c1-10(2)13-6-8-17(5)9-7-14(19)11(3)15(17)16(13)20-12(4)18/h13,16H,1,6-9H2,2-5H3/t13-,16+,17+/m0/s1. The fourth-order valence-corrected chi connectivity index (χ4v) is 3.78. The number of carbonyl (C=O) groups is 2. The van der Waals surface area contributed by atoms with Crippen molar-refractivity contribution in [1.29, 1.82) is 0 Å². The van der Waals surface area contributed by atoms with E-state index in [0.717, 1.165) is 36.0 Å². The van der Waals surface area contributed by atoms with E-state index in [0.29, 0.717) is 6.42 Å². The van der Waals surface area contributed by atoms with Gasteiger partial charge in [-0.3, -0.25) is 9.59 Å². The first-order chi connectivity index (χ1) is 9.26. The number of hydrogen-bond donors (Lipinski definition) is 0. The zero-order valence-electron chi connectivity index (χ0n) is 12.9. The van der Waals surface area contributed by atoms with Crippen molar-refractivity contribution in [1.82, 2.24) is 0 Å². The normalized spacial score (nSPS) is 33.7. The van der Waals surface area contributed by atoms with Crippen molar-refractivity contribution in [2.45, 2.75) is 59.5 Å². The van der Waals surface area contributed by atoms with Gasteiger partial charge >= 0.3 is 5.97 Å². The first kappa shape index (κ1) is 15.0. The summed E-state index contributed by atoms with van der Waals surface area (Å²) in [6.07, 6.45) is 3.15. The van der Waals surface area contributed by atoms with E-state index in [-0.39, 0.29) is 29.2 Å². The zero-order valence-corrected chi connectivity index (χ0v) is 12.9. The molecule has 0 aromatic carbocycles. The van der Waals surface area contributed by atoms with Crippen LogP contribution >= 0.6 is 0 Å². The maximum Gasteiger partial charge on any atom is 0.303 e. The smallest absolute Gasteiger partial charge is 0.303 e. The fraction of sp³-hybridized carbons (Fsp3) is 0.647. The minimum Gasteiger partial charge on any atom is -0.457 e. The van der Waals surface area contributed by atoms with E-state index in [1.165, 1.54) is 6.92 Å². The van der Waals surface area contributed by atoms with Crippen LogP contribution in [-0.4, -0.2) is 17.9 Å². The van der Waals surface area contributed by atoms with Gasteiger partial charge in [0, 0.05) is 19.3 Å². The highest BCUT2D eigenvalue weighted by Gasteiger charge is 2.47. The van der Waals surface area contributed by atoms with Gasteiger partial charge < -0.3 is 4.74 Å². The lowest BCUT2D eigenvalue weighted by Crippen LogP contribution is -2.44. The maximum atomic E-state index is 12.1. The quantitative estimate of drug-likeness (QED) is 0.572. The maximum absolute atomic E-state index is 12.1. The molecule has 0 N–H and O–H groups in total. The topological polar surface area (TPSA) is 43.4 Å². The number of ketones is 1. The molecular formula is C17H24O3. The van der Waals surface area contributed by atoms with Crippen molar-refractivity contribution < 1.29 is 14.3 Å². The van der Waals surface area contributed by atoms with E-state index in [2.05, 4.69) is 13.5 Å². The first-order valence-electron chi connectivity index (χ1n) is 7.33. The van der Waals surface area contributed by atoms with E-state index in [1.807, 2.05) is 13.8 Å². The van der Waals surface area contributed by atoms with Gasteiger partial charge in [0.1, 0.15) is 6.10 Å². The molecule has 0 unspecified atom stereocenters. The Labute approximate surface area is 121 Å². The van der Waals surface area contributed by atoms with Crippen LogP contribution in [0.15, 0.2) is 23.3 Å². The molecule has 0 aromatic rings. The summed E-state index contributed by atoms with van der Waals surface area (Å²) in [4.78, 5) is 23.6. The van der Waals surface area contributed by atoms with Crippen LogP contribution in [0.4, 0.5) is 0 Å². The molecule has 2 rings (SSSR count). The summed E-state index contributed by atoms with van der Waals surface area (Å²) in [6, 6.07) is 0. The van der Waals surface area contributed by atoms with Crippen LogP contribution in [0.5, 0.6) is 0 Å². The van der Waals surface area contributed by atoms with Gasteiger partial charge in [0.15, 0.2) is 5.78 Å². The second-order valence-electron chi connectivity index (χ2n) is 6.54. The number of rotatable bonds is 2. The van der Waals surface area contributed by atoms with Crippen LogP contribution in [0.1, 0.15) is 53.4 Å². The van der Waals surface area contributed by atoms with Gasteiger partial charge in [-0.2, -0.15) is 0 Å². The van der Waals surface area contributed by atoms with Gasteiger partial charge in [0.25, 0.3) is 0 Å². The van der Waals surface area contributed by atoms with Crippen molar-refractivity contribution in [2.24, 2.45) is 11.3 Å². The Bertz CT molecular complexity index is 500. The molecule has 3 heteroatoms. The fourth-order valence-electron chi connectivity index (χ4n) is 3.78. The second kappa shape index (κ2) is 5.19. The molecule has 3 atom stereocenters. The van der Waals surface area contributed by atoms with Crippen LogP contribution < -0.4 is 0 Å². The van der Waals surface area contributed by atoms with Gasteiger partial charge in [-0.15, -0.1) is 0 Å². The molecule has 20 heavy (non-hydrogen) atoms. The Morgan fingerprint density at radius 2 is 2.00 bits per heavy atom. The van der Waals surface area contributed by atoms with Crippen molar-refractivity contribution in [2.75, 3.05) is 0 Å². The molecule has 0 aromatic heterocycles. The Balaban J connectivity index is 2.51. The number of allylic oxidation sites excluding steroid dienone is 1. The Kier molecular flexibility index (Phi) is 3.90. The minimum absolute atomic E-state index is 0.00986. The van der Waals surface area contributed by atoms with Gasteiger partial charge in [-0.25, -0.2) is 0 Å². The number of carbonyl (C=O) groups excluding carboxylic acids is 2. The number of ether oxygens (including phenoxy) is 1. The predicted octanol–water partition coefficient (Wildman–Crippen LogP) is 3.59. The van der Waals surface area contributed by atoms with E-state index in [1.54, 1.807) is 0 Å². The number of Topliss-reactive ketones (excluding diaryl/α,β-unsaturated/α-hetero) is 1. The van der Waals surface area contributed by atoms with Gasteiger partial charge in [0.05, 0.1) is 0 Å². The predicted molar refractivity (Wildman–Crippen MR) is 78.1 cm³/mol. The SMILES string of the molecule is C=C(C)[C@@H]1CC[C@]2(C)CCC(=O)C(C)=C2[C@@H]1OC(C)=O. The number of hydrogen-bond acceptors (Lipinski definition) is 3. The van der Waals surface area contributed by atoms with Crippen molar-refractivity contribution in [3.63, 3.8) is 0 Å². The lowest BCUT2D eigenvalue weighted by molar-refractivity contribution is -0.148. The van der Waals surface area contributed by atoms with E-state index in [4.69, 9.17) is 4.74 Å². The van der Waals surface area contributed by atoms with Crippen LogP contribution in [-0.2, 0) is 14.3 Å². The third kappa shape index (κ3) is 2.46. The summed E-state index contributed by atoms with van der Waals surface area (Å²) in [5.41, 5.74) is 2.86. The molecule has 2 aliphatic rings. The van der Waals surface area contributed by atoms with Crippen molar-refractivity contribution >= 4 is 11.8 Å². The van der Waals surface area contributed by atoms with Crippen LogP contribution in [0, 0.1) is 11.3 Å². The summed E-state index contributed by atoms with van der Waals surface area (Å²) in [5, 5.41) is 0. The number of esters is 1. The van der Waals surface area contributed by atoms with Crippen molar-refractivity contribution in [3.8, 4) is 0 Å². The lowest BCUT2D eigenvalue weighted by atomic mass is 9.59. The molecule has 0 amide bonds. The monoisotopic (exact) mass is 276 g/mol. The molecule has 0 spiro atoms. The van der Waals surface area contributed by atoms with Gasteiger partial charge in [-0.1, -0.05) is 19.1 Å². The molecule has 1 saturated carbocycles. The average Bonchev–Trinajstić information content (AvgIpc) is 2.33. The summed E-state index contributed by atoms with van der Waals surface area (Å²) < 4.78 is 5.61. The molecule has 1 fully saturated rings. The first-order valence-corrected chi connectivity index (χ1v) is 7.33. The largest absolute Gasteiger partial charge is 0.457 e. The molecule has 0 heterocycles. The molecule has 0 saturated heterocycles. The molecule has 0 bridgehead atoms. The van der Waals surface area contributed by atoms with Crippen LogP contribution in [0.2, 0.25) is 0 Å². The van der Waals surface area contributed by atoms with Crippen molar-refractivity contribution in [3.05, 3.63) is 23.3 Å². The Morgan fingerprint density at radius 3 is 2.55 bits per heavy atom. The average molecular weight is 276 g/mol. The highest BCUT2D eigenvalue weighted by atomic mass is 16.5. The number of fused-ring (bicyclic) bond motifs is 1. The summed E-state index contributed by atoms with van der Waals surface area (Å²) in [7, 11) is 0. The van der Waals surface area contributed by atoms with Gasteiger partial charge in [0.2, 0.25) is 0 Å². The summed E-state index contributed by atoms with van der Waals surface area (Å²) in [5.74, 6) is 0.0311. The van der Waals surface area contributed by atoms with Crippen LogP contribution in [0.3, 0.4) is 0 Å². The third-order valence-corrected chi connectivity index (χ3v) is 4.96. The van der Waals surface area contributed by atoms with Crippen LogP contribution in [0.25, 0.3) is 0 Å². The molecule has 0 aliphatic heterocycles. The molecule has 2 aliphatic carbocycles. The van der Waals surface area contributed by atoms with Gasteiger partial charge in [-0.05, 0) is 49.7 Å². The third-order valence-electron chi connectivity index (χ3n) is 4.96. The molecule has 0 radical (unpaired) electrons. The highest BCUT2D eigenvalue weighted by Crippen LogP contribution is 2.52. The van der Waals surface area contributed by atoms with E-state index < -0.39 is 0 Å². The van der Waals surface area contributed by atoms with E-state index >= 15 is 0 Å².